The molecule has 9 nitrogen and oxygen atoms in total. The number of anilines is 1. The van der Waals surface area contributed by atoms with Gasteiger partial charge < -0.3 is 13.9 Å². The zero-order chi connectivity index (χ0) is 21.1. The molecular formula is C20H16FN5O4. The molecule has 4 rings (SSSR count). The summed E-state index contributed by atoms with van der Waals surface area (Å²) < 4.78 is 29.8. The number of pyridine rings is 1. The van der Waals surface area contributed by atoms with E-state index < -0.39 is 11.7 Å². The maximum absolute atomic E-state index is 14.0. The summed E-state index contributed by atoms with van der Waals surface area (Å²) in [4.78, 5) is 29.1. The van der Waals surface area contributed by atoms with E-state index in [4.69, 9.17) is 13.9 Å². The predicted octanol–water partition coefficient (Wildman–Crippen LogP) is 3.48. The minimum Gasteiger partial charge on any atom is -0.493 e. The summed E-state index contributed by atoms with van der Waals surface area (Å²) >= 11 is 0. The fourth-order valence-electron chi connectivity index (χ4n) is 2.71. The summed E-state index contributed by atoms with van der Waals surface area (Å²) in [6, 6.07) is 5.89. The van der Waals surface area contributed by atoms with Crippen LogP contribution in [-0.2, 0) is 0 Å². The number of oxazole rings is 1. The standard InChI is InChI=1S/C20H16FN5O4/c1-3-29-16-7-4-11(8-23-16)13-9-22-10-14(24-13)19(27)26-20-25-17-12(21)5-6-15(28-2)18(17)30-20/h4-10H,3H2,1-2H3,(H,25,26,27). The summed E-state index contributed by atoms with van der Waals surface area (Å²) in [6.45, 7) is 2.37. The Morgan fingerprint density at radius 3 is 2.77 bits per heavy atom. The second kappa shape index (κ2) is 8.11. The van der Waals surface area contributed by atoms with Gasteiger partial charge >= 0.3 is 6.01 Å². The second-order valence-electron chi connectivity index (χ2n) is 6.01. The van der Waals surface area contributed by atoms with E-state index in [-0.39, 0.29) is 22.8 Å². The number of hydrogen-bond donors (Lipinski definition) is 1. The molecule has 152 valence electrons. The Labute approximate surface area is 169 Å². The number of carbonyl (C=O) groups is 1. The number of methoxy groups -OCH3 is 1. The third kappa shape index (κ3) is 3.75. The van der Waals surface area contributed by atoms with Gasteiger partial charge in [0.05, 0.1) is 31.8 Å². The topological polar surface area (TPSA) is 112 Å². The maximum atomic E-state index is 14.0. The molecule has 0 aliphatic rings. The van der Waals surface area contributed by atoms with Crippen molar-refractivity contribution in [1.82, 2.24) is 19.9 Å². The van der Waals surface area contributed by atoms with Crippen molar-refractivity contribution in [3.8, 4) is 22.9 Å². The number of ether oxygens (including phenoxy) is 2. The third-order valence-electron chi connectivity index (χ3n) is 4.09. The highest BCUT2D eigenvalue weighted by atomic mass is 19.1. The molecule has 0 radical (unpaired) electrons. The van der Waals surface area contributed by atoms with Crippen molar-refractivity contribution in [2.24, 2.45) is 0 Å². The van der Waals surface area contributed by atoms with Gasteiger partial charge in [-0.2, -0.15) is 4.98 Å². The smallest absolute Gasteiger partial charge is 0.303 e. The SMILES string of the molecule is CCOc1ccc(-c2cncc(C(=O)Nc3nc4c(F)ccc(OC)c4o3)n2)cn1. The fraction of sp³-hybridized carbons (Fsp3) is 0.150. The third-order valence-corrected chi connectivity index (χ3v) is 4.09. The first-order valence-corrected chi connectivity index (χ1v) is 8.94. The van der Waals surface area contributed by atoms with Crippen LogP contribution in [0.4, 0.5) is 10.4 Å². The van der Waals surface area contributed by atoms with Gasteiger partial charge in [-0.3, -0.25) is 15.1 Å². The average Bonchev–Trinajstić information content (AvgIpc) is 3.19. The number of hydrogen-bond acceptors (Lipinski definition) is 8. The summed E-state index contributed by atoms with van der Waals surface area (Å²) in [6.07, 6.45) is 4.38. The molecular weight excluding hydrogens is 393 g/mol. The molecule has 3 aromatic heterocycles. The quantitative estimate of drug-likeness (QED) is 0.515. The van der Waals surface area contributed by atoms with Crippen LogP contribution in [0.5, 0.6) is 11.6 Å². The summed E-state index contributed by atoms with van der Waals surface area (Å²) in [7, 11) is 1.42. The van der Waals surface area contributed by atoms with E-state index in [1.165, 1.54) is 31.6 Å². The number of nitrogens with zero attached hydrogens (tertiary/aromatic N) is 4. The number of amides is 1. The van der Waals surface area contributed by atoms with Crippen molar-refractivity contribution in [3.05, 3.63) is 54.4 Å². The number of rotatable bonds is 6. The molecule has 0 aliphatic heterocycles. The van der Waals surface area contributed by atoms with Crippen LogP contribution in [0, 0.1) is 5.82 Å². The van der Waals surface area contributed by atoms with Gasteiger partial charge in [0, 0.05) is 17.8 Å². The molecule has 0 fully saturated rings. The van der Waals surface area contributed by atoms with Gasteiger partial charge in [0.1, 0.15) is 5.69 Å². The zero-order valence-electron chi connectivity index (χ0n) is 16.0. The van der Waals surface area contributed by atoms with E-state index in [0.29, 0.717) is 29.5 Å². The second-order valence-corrected chi connectivity index (χ2v) is 6.01. The van der Waals surface area contributed by atoms with Crippen molar-refractivity contribution in [2.75, 3.05) is 19.0 Å². The molecule has 0 atom stereocenters. The minimum absolute atomic E-state index is 0.0241. The van der Waals surface area contributed by atoms with Crippen LogP contribution in [0.3, 0.4) is 0 Å². The first-order chi connectivity index (χ1) is 14.6. The number of aromatic nitrogens is 4. The lowest BCUT2D eigenvalue weighted by molar-refractivity contribution is 0.101. The number of fused-ring (bicyclic) bond motifs is 1. The molecule has 1 amide bonds. The summed E-state index contributed by atoms with van der Waals surface area (Å²) in [5.74, 6) is -0.431. The Hall–Kier alpha value is -4.08. The Morgan fingerprint density at radius 1 is 1.17 bits per heavy atom. The zero-order valence-corrected chi connectivity index (χ0v) is 16.0. The van der Waals surface area contributed by atoms with Crippen LogP contribution in [0.1, 0.15) is 17.4 Å². The molecule has 0 bridgehead atoms. The molecule has 0 saturated heterocycles. The van der Waals surface area contributed by atoms with Gasteiger partial charge in [-0.1, -0.05) is 0 Å². The first kappa shape index (κ1) is 19.2. The maximum Gasteiger partial charge on any atom is 0.303 e. The Kier molecular flexibility index (Phi) is 5.21. The predicted molar refractivity (Wildman–Crippen MR) is 105 cm³/mol. The normalized spacial score (nSPS) is 10.8. The molecule has 0 aliphatic carbocycles. The van der Waals surface area contributed by atoms with Gasteiger partial charge in [-0.25, -0.2) is 14.4 Å². The lowest BCUT2D eigenvalue weighted by atomic mass is 10.2. The number of benzene rings is 1. The van der Waals surface area contributed by atoms with Gasteiger partial charge in [0.2, 0.25) is 11.5 Å². The van der Waals surface area contributed by atoms with Crippen LogP contribution in [-0.4, -0.2) is 39.6 Å². The number of nitrogens with one attached hydrogen (secondary N) is 1. The summed E-state index contributed by atoms with van der Waals surface area (Å²) in [5, 5.41) is 2.45. The lowest BCUT2D eigenvalue weighted by Gasteiger charge is -2.05. The fourth-order valence-corrected chi connectivity index (χ4v) is 2.71. The van der Waals surface area contributed by atoms with E-state index in [2.05, 4.69) is 25.3 Å². The molecule has 3 heterocycles. The Balaban J connectivity index is 1.58. The van der Waals surface area contributed by atoms with Crippen LogP contribution < -0.4 is 14.8 Å². The molecule has 4 aromatic rings. The van der Waals surface area contributed by atoms with Gasteiger partial charge in [0.15, 0.2) is 17.1 Å². The van der Waals surface area contributed by atoms with Gasteiger partial charge in [-0.15, -0.1) is 0 Å². The molecule has 30 heavy (non-hydrogen) atoms. The van der Waals surface area contributed by atoms with E-state index >= 15 is 0 Å². The van der Waals surface area contributed by atoms with Crippen molar-refractivity contribution >= 4 is 23.0 Å². The molecule has 0 unspecified atom stereocenters. The summed E-state index contributed by atoms with van der Waals surface area (Å²) in [5.41, 5.74) is 1.17. The van der Waals surface area contributed by atoms with Crippen LogP contribution >= 0.6 is 0 Å². The highest BCUT2D eigenvalue weighted by Crippen LogP contribution is 2.30. The van der Waals surface area contributed by atoms with Crippen LogP contribution in [0.15, 0.2) is 47.3 Å². The van der Waals surface area contributed by atoms with E-state index in [0.717, 1.165) is 0 Å². The lowest BCUT2D eigenvalue weighted by Crippen LogP contribution is -2.14. The highest BCUT2D eigenvalue weighted by Gasteiger charge is 2.18. The van der Waals surface area contributed by atoms with E-state index in [1.54, 1.807) is 18.3 Å². The molecule has 0 saturated carbocycles. The monoisotopic (exact) mass is 409 g/mol. The molecule has 1 N–H and O–H groups in total. The van der Waals surface area contributed by atoms with E-state index in [1.807, 2.05) is 6.92 Å². The Morgan fingerprint density at radius 2 is 2.03 bits per heavy atom. The van der Waals surface area contributed by atoms with Crippen molar-refractivity contribution < 1.29 is 23.1 Å². The minimum atomic E-state index is -0.617. The number of carbonyl (C=O) groups excluding carboxylic acids is 1. The molecule has 1 aromatic carbocycles. The highest BCUT2D eigenvalue weighted by molar-refractivity contribution is 6.02. The van der Waals surface area contributed by atoms with Crippen molar-refractivity contribution in [1.29, 1.82) is 0 Å². The van der Waals surface area contributed by atoms with E-state index in [9.17, 15) is 9.18 Å². The van der Waals surface area contributed by atoms with Crippen molar-refractivity contribution in [3.63, 3.8) is 0 Å². The molecule has 10 heteroatoms. The van der Waals surface area contributed by atoms with Crippen LogP contribution in [0.2, 0.25) is 0 Å². The largest absolute Gasteiger partial charge is 0.493 e. The van der Waals surface area contributed by atoms with Crippen LogP contribution in [0.25, 0.3) is 22.4 Å². The average molecular weight is 409 g/mol. The number of halogens is 1. The first-order valence-electron chi connectivity index (χ1n) is 8.94. The van der Waals surface area contributed by atoms with Gasteiger partial charge in [0.25, 0.3) is 5.91 Å². The van der Waals surface area contributed by atoms with Gasteiger partial charge in [-0.05, 0) is 25.1 Å². The molecule has 0 spiro atoms. The van der Waals surface area contributed by atoms with Crippen molar-refractivity contribution in [2.45, 2.75) is 6.92 Å². The Bertz CT molecular complexity index is 1210.